The smallest absolute Gasteiger partial charge is 0.242 e. The second-order valence-electron chi connectivity index (χ2n) is 5.85. The van der Waals surface area contributed by atoms with Gasteiger partial charge in [-0.2, -0.15) is 0 Å². The van der Waals surface area contributed by atoms with Crippen molar-refractivity contribution in [1.82, 2.24) is 16.0 Å². The van der Waals surface area contributed by atoms with Gasteiger partial charge in [-0.1, -0.05) is 13.8 Å². The maximum atomic E-state index is 12.4. The summed E-state index contributed by atoms with van der Waals surface area (Å²) in [6.45, 7) is 9.99. The van der Waals surface area contributed by atoms with E-state index in [2.05, 4.69) is 16.0 Å². The van der Waals surface area contributed by atoms with Gasteiger partial charge in [-0.15, -0.1) is 0 Å². The van der Waals surface area contributed by atoms with Crippen molar-refractivity contribution in [3.05, 3.63) is 0 Å². The van der Waals surface area contributed by atoms with Crippen LogP contribution in [0.2, 0.25) is 0 Å². The molecule has 1 saturated heterocycles. The summed E-state index contributed by atoms with van der Waals surface area (Å²) in [5.74, 6) is 0.149. The average molecular weight is 269 g/mol. The maximum absolute atomic E-state index is 12.4. The van der Waals surface area contributed by atoms with Crippen molar-refractivity contribution in [2.45, 2.75) is 46.6 Å². The third-order valence-electron chi connectivity index (χ3n) is 3.99. The van der Waals surface area contributed by atoms with E-state index in [0.717, 1.165) is 25.9 Å². The molecule has 110 valence electrons. The van der Waals surface area contributed by atoms with Crippen molar-refractivity contribution in [2.75, 3.05) is 19.6 Å². The highest BCUT2D eigenvalue weighted by atomic mass is 16.2. The summed E-state index contributed by atoms with van der Waals surface area (Å²) in [4.78, 5) is 24.0. The lowest BCUT2D eigenvalue weighted by molar-refractivity contribution is -0.136. The number of carbonyl (C=O) groups is 2. The number of hydrogen-bond donors (Lipinski definition) is 3. The standard InChI is InChI=1S/C14H27N3O2/c1-5-16-12(18)10(2)17-13(19)14(3,4)11-7-6-8-15-9-11/h10-11,15H,5-9H2,1-4H3,(H,16,18)(H,17,19). The summed E-state index contributed by atoms with van der Waals surface area (Å²) in [5, 5.41) is 8.87. The molecule has 0 aromatic carbocycles. The average Bonchev–Trinajstić information content (AvgIpc) is 2.39. The largest absolute Gasteiger partial charge is 0.355 e. The van der Waals surface area contributed by atoms with Crippen LogP contribution in [0.25, 0.3) is 0 Å². The Balaban J connectivity index is 2.57. The molecule has 5 heteroatoms. The van der Waals surface area contributed by atoms with E-state index in [1.807, 2.05) is 20.8 Å². The predicted molar refractivity (Wildman–Crippen MR) is 75.7 cm³/mol. The third kappa shape index (κ3) is 4.20. The SMILES string of the molecule is CCNC(=O)C(C)NC(=O)C(C)(C)C1CCCNC1. The molecule has 0 aromatic rings. The van der Waals surface area contributed by atoms with Crippen LogP contribution in [0, 0.1) is 11.3 Å². The van der Waals surface area contributed by atoms with Gasteiger partial charge in [-0.25, -0.2) is 0 Å². The lowest BCUT2D eigenvalue weighted by atomic mass is 9.74. The highest BCUT2D eigenvalue weighted by Crippen LogP contribution is 2.31. The predicted octanol–water partition coefficient (Wildman–Crippen LogP) is 0.653. The first-order chi connectivity index (χ1) is 8.89. The monoisotopic (exact) mass is 269 g/mol. The molecule has 19 heavy (non-hydrogen) atoms. The van der Waals surface area contributed by atoms with Crippen molar-refractivity contribution in [1.29, 1.82) is 0 Å². The Morgan fingerprint density at radius 3 is 2.63 bits per heavy atom. The quantitative estimate of drug-likeness (QED) is 0.686. The molecule has 0 aromatic heterocycles. The van der Waals surface area contributed by atoms with E-state index in [1.165, 1.54) is 0 Å². The molecule has 2 unspecified atom stereocenters. The van der Waals surface area contributed by atoms with Crippen molar-refractivity contribution in [2.24, 2.45) is 11.3 Å². The number of likely N-dealkylation sites (N-methyl/N-ethyl adjacent to an activating group) is 1. The Labute approximate surface area is 115 Å². The lowest BCUT2D eigenvalue weighted by Gasteiger charge is -2.36. The van der Waals surface area contributed by atoms with Crippen LogP contribution < -0.4 is 16.0 Å². The molecule has 1 aliphatic heterocycles. The van der Waals surface area contributed by atoms with Crippen LogP contribution in [0.3, 0.4) is 0 Å². The molecule has 1 rings (SSSR count). The second kappa shape index (κ2) is 6.89. The fourth-order valence-corrected chi connectivity index (χ4v) is 2.43. The Hall–Kier alpha value is -1.10. The molecule has 0 spiro atoms. The number of carbonyl (C=O) groups excluding carboxylic acids is 2. The molecular weight excluding hydrogens is 242 g/mol. The molecule has 0 aliphatic carbocycles. The maximum Gasteiger partial charge on any atom is 0.242 e. The minimum atomic E-state index is -0.483. The first-order valence-corrected chi connectivity index (χ1v) is 7.19. The Morgan fingerprint density at radius 1 is 1.42 bits per heavy atom. The molecule has 5 nitrogen and oxygen atoms in total. The molecule has 0 bridgehead atoms. The van der Waals surface area contributed by atoms with Crippen molar-refractivity contribution < 1.29 is 9.59 Å². The summed E-state index contributed by atoms with van der Waals surface area (Å²) < 4.78 is 0. The van der Waals surface area contributed by atoms with Gasteiger partial charge in [-0.05, 0) is 45.7 Å². The van der Waals surface area contributed by atoms with Gasteiger partial charge >= 0.3 is 0 Å². The highest BCUT2D eigenvalue weighted by molar-refractivity contribution is 5.89. The van der Waals surface area contributed by atoms with Crippen molar-refractivity contribution in [3.8, 4) is 0 Å². The molecule has 2 atom stereocenters. The van der Waals surface area contributed by atoms with Crippen LogP contribution in [0.4, 0.5) is 0 Å². The third-order valence-corrected chi connectivity index (χ3v) is 3.99. The summed E-state index contributed by atoms with van der Waals surface area (Å²) >= 11 is 0. The Morgan fingerprint density at radius 2 is 2.11 bits per heavy atom. The van der Waals surface area contributed by atoms with Gasteiger partial charge in [0.25, 0.3) is 0 Å². The van der Waals surface area contributed by atoms with Gasteiger partial charge < -0.3 is 16.0 Å². The van der Waals surface area contributed by atoms with Gasteiger partial charge in [0.2, 0.25) is 11.8 Å². The number of amides is 2. The summed E-state index contributed by atoms with van der Waals surface area (Å²) in [6.07, 6.45) is 2.16. The minimum Gasteiger partial charge on any atom is -0.355 e. The van der Waals surface area contributed by atoms with E-state index >= 15 is 0 Å². The fourth-order valence-electron chi connectivity index (χ4n) is 2.43. The first kappa shape index (κ1) is 16.0. The van der Waals surface area contributed by atoms with E-state index in [4.69, 9.17) is 0 Å². The Bertz CT molecular complexity index is 323. The van der Waals surface area contributed by atoms with Crippen LogP contribution in [-0.4, -0.2) is 37.5 Å². The fraction of sp³-hybridized carbons (Fsp3) is 0.857. The number of nitrogens with one attached hydrogen (secondary N) is 3. The molecule has 1 aliphatic rings. The van der Waals surface area contributed by atoms with E-state index in [9.17, 15) is 9.59 Å². The normalized spacial score (nSPS) is 21.6. The molecule has 2 amide bonds. The van der Waals surface area contributed by atoms with Crippen molar-refractivity contribution >= 4 is 11.8 Å². The molecular formula is C14H27N3O2. The first-order valence-electron chi connectivity index (χ1n) is 7.19. The zero-order chi connectivity index (χ0) is 14.5. The molecule has 0 radical (unpaired) electrons. The molecule has 3 N–H and O–H groups in total. The highest BCUT2D eigenvalue weighted by Gasteiger charge is 2.38. The zero-order valence-electron chi connectivity index (χ0n) is 12.5. The molecule has 1 fully saturated rings. The van der Waals surface area contributed by atoms with E-state index in [0.29, 0.717) is 12.5 Å². The lowest BCUT2D eigenvalue weighted by Crippen LogP contribution is -2.52. The van der Waals surface area contributed by atoms with Gasteiger partial charge in [0, 0.05) is 12.0 Å². The van der Waals surface area contributed by atoms with Crippen LogP contribution >= 0.6 is 0 Å². The topological polar surface area (TPSA) is 70.2 Å². The van der Waals surface area contributed by atoms with Crippen LogP contribution in [0.5, 0.6) is 0 Å². The summed E-state index contributed by atoms with van der Waals surface area (Å²) in [5.41, 5.74) is -0.450. The van der Waals surface area contributed by atoms with Crippen LogP contribution in [0.15, 0.2) is 0 Å². The Kier molecular flexibility index (Phi) is 5.79. The number of hydrogen-bond acceptors (Lipinski definition) is 3. The summed E-state index contributed by atoms with van der Waals surface area (Å²) in [7, 11) is 0. The van der Waals surface area contributed by atoms with E-state index in [1.54, 1.807) is 6.92 Å². The zero-order valence-corrected chi connectivity index (χ0v) is 12.5. The molecule has 1 heterocycles. The molecule has 0 saturated carbocycles. The van der Waals surface area contributed by atoms with Crippen LogP contribution in [-0.2, 0) is 9.59 Å². The van der Waals surface area contributed by atoms with Crippen LogP contribution in [0.1, 0.15) is 40.5 Å². The number of piperidine rings is 1. The van der Waals surface area contributed by atoms with Gasteiger partial charge in [0.1, 0.15) is 6.04 Å². The van der Waals surface area contributed by atoms with E-state index in [-0.39, 0.29) is 11.8 Å². The van der Waals surface area contributed by atoms with Gasteiger partial charge in [0.15, 0.2) is 0 Å². The minimum absolute atomic E-state index is 0.0417. The van der Waals surface area contributed by atoms with E-state index < -0.39 is 11.5 Å². The van der Waals surface area contributed by atoms with Gasteiger partial charge in [0.05, 0.1) is 0 Å². The second-order valence-corrected chi connectivity index (χ2v) is 5.85. The van der Waals surface area contributed by atoms with Crippen molar-refractivity contribution in [3.63, 3.8) is 0 Å². The summed E-state index contributed by atoms with van der Waals surface area (Å²) in [6, 6.07) is -0.483. The van der Waals surface area contributed by atoms with Gasteiger partial charge in [-0.3, -0.25) is 9.59 Å². The number of rotatable bonds is 5.